The lowest BCUT2D eigenvalue weighted by Gasteiger charge is -2.29. The Morgan fingerprint density at radius 3 is 2.76 bits per heavy atom. The molecule has 2 aliphatic heterocycles. The predicted molar refractivity (Wildman–Crippen MR) is 74.3 cm³/mol. The second-order valence-electron chi connectivity index (χ2n) is 5.32. The van der Waals surface area contributed by atoms with Crippen LogP contribution in [0.25, 0.3) is 0 Å². The molecular weight excluding hydrogens is 275 g/mol. The van der Waals surface area contributed by atoms with E-state index in [1.807, 2.05) is 0 Å². The fraction of sp³-hybridized carbons (Fsp3) is 0.467. The first kappa shape index (κ1) is 14.0. The topological polar surface area (TPSA) is 49.9 Å². The molecule has 1 aromatic rings. The number of nitrogens with zero attached hydrogens (tertiary/aromatic N) is 2. The summed E-state index contributed by atoms with van der Waals surface area (Å²) in [7, 11) is 0. The summed E-state index contributed by atoms with van der Waals surface area (Å²) in [6.07, 6.45) is 0.187. The van der Waals surface area contributed by atoms with E-state index in [1.54, 1.807) is 17.0 Å². The molecule has 0 saturated carbocycles. The van der Waals surface area contributed by atoms with Crippen molar-refractivity contribution in [2.24, 2.45) is 5.92 Å². The molecule has 0 radical (unpaired) electrons. The number of amides is 2. The number of benzene rings is 1. The van der Waals surface area contributed by atoms with Crippen molar-refractivity contribution < 1.29 is 18.7 Å². The lowest BCUT2D eigenvalue weighted by Crippen LogP contribution is -2.44. The Hall–Kier alpha value is -1.95. The van der Waals surface area contributed by atoms with Crippen LogP contribution in [0.3, 0.4) is 0 Å². The number of carbonyl (C=O) groups is 2. The molecule has 112 valence electrons. The summed E-state index contributed by atoms with van der Waals surface area (Å²) >= 11 is 0. The summed E-state index contributed by atoms with van der Waals surface area (Å²) in [5, 5.41) is 0. The van der Waals surface area contributed by atoms with Crippen molar-refractivity contribution in [1.29, 1.82) is 0 Å². The molecule has 6 heteroatoms. The van der Waals surface area contributed by atoms with Crippen LogP contribution < -0.4 is 4.90 Å². The first-order chi connectivity index (χ1) is 10.1. The van der Waals surface area contributed by atoms with E-state index in [2.05, 4.69) is 0 Å². The zero-order chi connectivity index (χ0) is 14.8. The lowest BCUT2D eigenvalue weighted by molar-refractivity contribution is -0.139. The Balaban J connectivity index is 1.70. The highest BCUT2D eigenvalue weighted by Crippen LogP contribution is 2.27. The van der Waals surface area contributed by atoms with Crippen LogP contribution in [0.4, 0.5) is 10.1 Å². The maximum atomic E-state index is 13.3. The molecule has 0 bridgehead atoms. The highest BCUT2D eigenvalue weighted by molar-refractivity contribution is 6.00. The van der Waals surface area contributed by atoms with Crippen molar-refractivity contribution in [3.8, 4) is 0 Å². The lowest BCUT2D eigenvalue weighted by atomic mass is 10.1. The molecule has 0 aliphatic carbocycles. The van der Waals surface area contributed by atoms with Gasteiger partial charge in [-0.1, -0.05) is 6.07 Å². The van der Waals surface area contributed by atoms with E-state index < -0.39 is 0 Å². The SMILES string of the molecule is O=C([C@@H]1CC(=O)N(c2cccc(F)c2)C1)N1CCOCC1. The number of carbonyl (C=O) groups excluding carboxylic acids is 2. The third-order valence-electron chi connectivity index (χ3n) is 3.92. The van der Waals surface area contributed by atoms with E-state index in [1.165, 1.54) is 17.0 Å². The molecular formula is C15H17FN2O3. The third kappa shape index (κ3) is 2.90. The number of rotatable bonds is 2. The smallest absolute Gasteiger partial charge is 0.228 e. The zero-order valence-corrected chi connectivity index (χ0v) is 11.6. The second-order valence-corrected chi connectivity index (χ2v) is 5.32. The molecule has 2 amide bonds. The van der Waals surface area contributed by atoms with Crippen molar-refractivity contribution >= 4 is 17.5 Å². The predicted octanol–water partition coefficient (Wildman–Crippen LogP) is 1.04. The van der Waals surface area contributed by atoms with E-state index in [-0.39, 0.29) is 30.0 Å². The van der Waals surface area contributed by atoms with E-state index in [0.717, 1.165) is 0 Å². The normalized spacial score (nSPS) is 22.7. The van der Waals surface area contributed by atoms with Crippen LogP contribution >= 0.6 is 0 Å². The van der Waals surface area contributed by atoms with Crippen LogP contribution in [0, 0.1) is 11.7 Å². The average Bonchev–Trinajstić information content (AvgIpc) is 2.89. The summed E-state index contributed by atoms with van der Waals surface area (Å²) in [6, 6.07) is 5.90. The number of hydrogen-bond donors (Lipinski definition) is 0. The van der Waals surface area contributed by atoms with Gasteiger partial charge in [0.2, 0.25) is 11.8 Å². The van der Waals surface area contributed by atoms with Crippen LogP contribution in [0.1, 0.15) is 6.42 Å². The third-order valence-corrected chi connectivity index (χ3v) is 3.92. The van der Waals surface area contributed by atoms with Crippen molar-refractivity contribution in [3.05, 3.63) is 30.1 Å². The van der Waals surface area contributed by atoms with Gasteiger partial charge in [-0.15, -0.1) is 0 Å². The first-order valence-corrected chi connectivity index (χ1v) is 7.07. The molecule has 0 N–H and O–H groups in total. The van der Waals surface area contributed by atoms with Gasteiger partial charge in [0.15, 0.2) is 0 Å². The molecule has 2 saturated heterocycles. The fourth-order valence-corrected chi connectivity index (χ4v) is 2.81. The van der Waals surface area contributed by atoms with E-state index >= 15 is 0 Å². The molecule has 0 unspecified atom stereocenters. The van der Waals surface area contributed by atoms with E-state index in [0.29, 0.717) is 38.5 Å². The van der Waals surface area contributed by atoms with Crippen LogP contribution in [0.15, 0.2) is 24.3 Å². The van der Waals surface area contributed by atoms with Gasteiger partial charge >= 0.3 is 0 Å². The number of anilines is 1. The number of hydrogen-bond acceptors (Lipinski definition) is 3. The minimum absolute atomic E-state index is 0.00875. The molecule has 2 heterocycles. The summed E-state index contributed by atoms with van der Waals surface area (Å²) in [4.78, 5) is 27.7. The Morgan fingerprint density at radius 2 is 2.05 bits per heavy atom. The summed E-state index contributed by atoms with van der Waals surface area (Å²) in [6.45, 7) is 2.55. The summed E-state index contributed by atoms with van der Waals surface area (Å²) in [5.41, 5.74) is 0.511. The highest BCUT2D eigenvalue weighted by Gasteiger charge is 2.37. The largest absolute Gasteiger partial charge is 0.378 e. The Morgan fingerprint density at radius 1 is 1.29 bits per heavy atom. The molecule has 3 rings (SSSR count). The molecule has 2 aliphatic rings. The van der Waals surface area contributed by atoms with Crippen LogP contribution in [0.5, 0.6) is 0 Å². The van der Waals surface area contributed by atoms with E-state index in [4.69, 9.17) is 4.74 Å². The number of morpholine rings is 1. The van der Waals surface area contributed by atoms with Crippen molar-refractivity contribution in [3.63, 3.8) is 0 Å². The standard InChI is InChI=1S/C15H17FN2O3/c16-12-2-1-3-13(9-12)18-10-11(8-14(18)19)15(20)17-4-6-21-7-5-17/h1-3,9,11H,4-8,10H2/t11-/m1/s1. The maximum absolute atomic E-state index is 13.3. The minimum atomic E-state index is -0.386. The molecule has 2 fully saturated rings. The van der Waals surface area contributed by atoms with Gasteiger partial charge < -0.3 is 14.5 Å². The van der Waals surface area contributed by atoms with Crippen molar-refractivity contribution in [2.75, 3.05) is 37.7 Å². The molecule has 0 spiro atoms. The average molecular weight is 292 g/mol. The van der Waals surface area contributed by atoms with E-state index in [9.17, 15) is 14.0 Å². The van der Waals surface area contributed by atoms with Crippen LogP contribution in [-0.2, 0) is 14.3 Å². The van der Waals surface area contributed by atoms with Crippen molar-refractivity contribution in [1.82, 2.24) is 4.90 Å². The van der Waals surface area contributed by atoms with Gasteiger partial charge in [0, 0.05) is 31.7 Å². The van der Waals surface area contributed by atoms with Gasteiger partial charge in [0.05, 0.1) is 19.1 Å². The molecule has 5 nitrogen and oxygen atoms in total. The Labute approximate surface area is 122 Å². The van der Waals surface area contributed by atoms with Gasteiger partial charge in [-0.3, -0.25) is 9.59 Å². The fourth-order valence-electron chi connectivity index (χ4n) is 2.81. The van der Waals surface area contributed by atoms with Gasteiger partial charge in [0.25, 0.3) is 0 Å². The second kappa shape index (κ2) is 5.81. The molecule has 21 heavy (non-hydrogen) atoms. The summed E-state index contributed by atoms with van der Waals surface area (Å²) in [5.74, 6) is -0.875. The van der Waals surface area contributed by atoms with Gasteiger partial charge in [0.1, 0.15) is 5.82 Å². The first-order valence-electron chi connectivity index (χ1n) is 7.07. The molecule has 1 aromatic carbocycles. The monoisotopic (exact) mass is 292 g/mol. The van der Waals surface area contributed by atoms with Crippen LogP contribution in [0.2, 0.25) is 0 Å². The van der Waals surface area contributed by atoms with Gasteiger partial charge in [-0.25, -0.2) is 4.39 Å². The Bertz CT molecular complexity index is 558. The van der Waals surface area contributed by atoms with Crippen LogP contribution in [-0.4, -0.2) is 49.6 Å². The zero-order valence-electron chi connectivity index (χ0n) is 11.6. The minimum Gasteiger partial charge on any atom is -0.378 e. The summed E-state index contributed by atoms with van der Waals surface area (Å²) < 4.78 is 18.5. The highest BCUT2D eigenvalue weighted by atomic mass is 19.1. The molecule has 1 atom stereocenters. The Kier molecular flexibility index (Phi) is 3.88. The van der Waals surface area contributed by atoms with Crippen molar-refractivity contribution in [2.45, 2.75) is 6.42 Å². The molecule has 0 aromatic heterocycles. The van der Waals surface area contributed by atoms with Gasteiger partial charge in [-0.05, 0) is 18.2 Å². The van der Waals surface area contributed by atoms with Gasteiger partial charge in [-0.2, -0.15) is 0 Å². The number of ether oxygens (including phenoxy) is 1. The maximum Gasteiger partial charge on any atom is 0.228 e. The number of halogens is 1. The quantitative estimate of drug-likeness (QED) is 0.818.